The molecule has 0 atom stereocenters. The van der Waals surface area contributed by atoms with Crippen LogP contribution in [0.4, 0.5) is 14.4 Å². The molecule has 4 saturated heterocycles. The summed E-state index contributed by atoms with van der Waals surface area (Å²) < 4.78 is 47.6. The van der Waals surface area contributed by atoms with E-state index in [9.17, 15) is 52.7 Å². The van der Waals surface area contributed by atoms with E-state index in [0.717, 1.165) is 0 Å². The van der Waals surface area contributed by atoms with Crippen LogP contribution in [0, 0.1) is 0 Å². The van der Waals surface area contributed by atoms with Gasteiger partial charge in [-0.05, 0) is 0 Å². The number of amides is 7. The number of esters is 1. The number of carbonyl (C=O) groups excluding carboxylic acids is 11. The molecule has 0 aromatic rings. The average molecular weight is 905 g/mol. The smallest absolute Gasteiger partial charge is 0.463 e. The van der Waals surface area contributed by atoms with E-state index in [0.29, 0.717) is 15.2 Å². The van der Waals surface area contributed by atoms with Crippen molar-refractivity contribution < 1.29 is 110 Å². The lowest BCUT2D eigenvalue weighted by molar-refractivity contribution is -0.263. The van der Waals surface area contributed by atoms with Crippen LogP contribution >= 0.6 is 0 Å². The quantitative estimate of drug-likeness (QED) is 0.0343. The zero-order chi connectivity index (χ0) is 45.6. The Labute approximate surface area is 358 Å². The molecule has 0 aromatic carbocycles. The first-order valence-corrected chi connectivity index (χ1v) is 19.8. The largest absolute Gasteiger partial charge is 0.534 e. The van der Waals surface area contributed by atoms with Gasteiger partial charge in [0.05, 0.1) is 59.3 Å². The average Bonchev–Trinajstić information content (AvgIpc) is 3.87. The number of hydrogen-bond donors (Lipinski definition) is 0. The lowest BCUT2D eigenvalue weighted by Crippen LogP contribution is -2.50. The highest BCUT2D eigenvalue weighted by Gasteiger charge is 2.39. The second-order valence-corrected chi connectivity index (χ2v) is 13.4. The van der Waals surface area contributed by atoms with Crippen molar-refractivity contribution in [2.45, 2.75) is 70.0 Å². The van der Waals surface area contributed by atoms with Crippen molar-refractivity contribution in [3.05, 3.63) is 0 Å². The summed E-state index contributed by atoms with van der Waals surface area (Å²) in [4.78, 5) is 145. The van der Waals surface area contributed by atoms with Gasteiger partial charge >= 0.3 is 24.4 Å². The molecule has 27 nitrogen and oxygen atoms in total. The maximum Gasteiger partial charge on any atom is 0.534 e. The van der Waals surface area contributed by atoms with E-state index < -0.39 is 65.7 Å². The molecule has 4 heterocycles. The zero-order valence-electron chi connectivity index (χ0n) is 34.1. The molecule has 0 unspecified atom stereocenters. The summed E-state index contributed by atoms with van der Waals surface area (Å²) in [7, 11) is 0. The molecule has 7 amide bonds. The van der Waals surface area contributed by atoms with Crippen molar-refractivity contribution in [1.29, 1.82) is 0 Å². The summed E-state index contributed by atoms with van der Waals surface area (Å²) >= 11 is 0. The Hall–Kier alpha value is -6.03. The van der Waals surface area contributed by atoms with Gasteiger partial charge in [0.15, 0.2) is 5.79 Å². The Balaban J connectivity index is 1.10. The number of hydroxylamine groups is 6. The molecule has 0 radical (unpaired) electrons. The lowest BCUT2D eigenvalue weighted by Gasteiger charge is -2.41. The van der Waals surface area contributed by atoms with Gasteiger partial charge in [-0.1, -0.05) is 15.2 Å². The van der Waals surface area contributed by atoms with Gasteiger partial charge in [-0.25, -0.2) is 14.4 Å². The van der Waals surface area contributed by atoms with Gasteiger partial charge in [-0.15, -0.1) is 0 Å². The highest BCUT2D eigenvalue weighted by molar-refractivity contribution is 6.02. The summed E-state index contributed by atoms with van der Waals surface area (Å²) in [6, 6.07) is 0. The Bertz CT molecular complexity index is 1570. The fourth-order valence-corrected chi connectivity index (χ4v) is 5.79. The molecule has 27 heteroatoms. The molecule has 4 aliphatic rings. The van der Waals surface area contributed by atoms with Gasteiger partial charge in [0.25, 0.3) is 35.4 Å². The molecule has 350 valence electrons. The van der Waals surface area contributed by atoms with E-state index in [2.05, 4.69) is 14.5 Å². The van der Waals surface area contributed by atoms with E-state index in [4.69, 9.17) is 42.6 Å². The van der Waals surface area contributed by atoms with Crippen molar-refractivity contribution in [3.8, 4) is 0 Å². The monoisotopic (exact) mass is 904 g/mol. The summed E-state index contributed by atoms with van der Waals surface area (Å²) in [6.07, 6.45) is -4.09. The summed E-state index contributed by atoms with van der Waals surface area (Å²) in [6.45, 7) is -0.784. The fraction of sp³-hybridized carbons (Fsp3) is 0.694. The molecule has 63 heavy (non-hydrogen) atoms. The third-order valence-electron chi connectivity index (χ3n) is 8.95. The molecule has 4 fully saturated rings. The second kappa shape index (κ2) is 25.8. The Morgan fingerprint density at radius 3 is 1.08 bits per heavy atom. The molecule has 0 saturated carbocycles. The van der Waals surface area contributed by atoms with Gasteiger partial charge in [-0.2, -0.15) is 0 Å². The van der Waals surface area contributed by atoms with Crippen molar-refractivity contribution in [2.75, 3.05) is 92.4 Å². The topological polar surface area (TPSA) is 311 Å². The summed E-state index contributed by atoms with van der Waals surface area (Å²) in [5, 5.41) is 1.04. The van der Waals surface area contributed by atoms with E-state index in [1.807, 2.05) is 0 Å². The van der Waals surface area contributed by atoms with Crippen LogP contribution in [0.15, 0.2) is 0 Å². The number of carbonyl (C=O) groups is 11. The summed E-state index contributed by atoms with van der Waals surface area (Å²) in [5.74, 6) is -6.09. The van der Waals surface area contributed by atoms with Gasteiger partial charge in [0.1, 0.15) is 26.4 Å². The van der Waals surface area contributed by atoms with Gasteiger partial charge in [0, 0.05) is 70.9 Å². The van der Waals surface area contributed by atoms with E-state index >= 15 is 0 Å². The molecular formula is C36H48N4O23. The van der Waals surface area contributed by atoms with Crippen LogP contribution in [0.5, 0.6) is 0 Å². The number of ether oxygens (including phenoxy) is 9. The molecule has 0 aliphatic carbocycles. The van der Waals surface area contributed by atoms with Crippen LogP contribution in [-0.2, 0) is 95.5 Å². The van der Waals surface area contributed by atoms with Gasteiger partial charge in [0.2, 0.25) is 5.91 Å². The van der Waals surface area contributed by atoms with Crippen molar-refractivity contribution >= 4 is 65.8 Å². The first-order chi connectivity index (χ1) is 30.3. The SMILES string of the molecule is O=C(CCC(=O)N1CCC(OCCOCCOC(=O)ON2C(=O)CCC2=O)(OCCOCCOC(=O)ON2C(=O)CCC2=O)CC1)OCCOCCOC(=O)ON1C(=O)CCC1=O. The normalized spacial score (nSPS) is 17.3. The van der Waals surface area contributed by atoms with E-state index in [-0.39, 0.29) is 162 Å². The third-order valence-corrected chi connectivity index (χ3v) is 8.95. The fourth-order valence-electron chi connectivity index (χ4n) is 5.79. The van der Waals surface area contributed by atoms with Gasteiger partial charge in [-0.3, -0.25) is 52.9 Å². The van der Waals surface area contributed by atoms with Crippen LogP contribution < -0.4 is 0 Å². The highest BCUT2D eigenvalue weighted by atomic mass is 16.8. The molecule has 4 aliphatic heterocycles. The van der Waals surface area contributed by atoms with Crippen molar-refractivity contribution in [3.63, 3.8) is 0 Å². The number of piperidine rings is 1. The molecule has 0 bridgehead atoms. The van der Waals surface area contributed by atoms with Crippen molar-refractivity contribution in [1.82, 2.24) is 20.1 Å². The van der Waals surface area contributed by atoms with Crippen LogP contribution in [-0.4, -0.2) is 184 Å². The second-order valence-electron chi connectivity index (χ2n) is 13.4. The highest BCUT2D eigenvalue weighted by Crippen LogP contribution is 2.28. The van der Waals surface area contributed by atoms with E-state index in [1.165, 1.54) is 4.90 Å². The first kappa shape index (κ1) is 49.6. The molecule has 0 N–H and O–H groups in total. The van der Waals surface area contributed by atoms with Crippen LogP contribution in [0.3, 0.4) is 0 Å². The third kappa shape index (κ3) is 17.0. The Kier molecular flexibility index (Phi) is 20.3. The summed E-state index contributed by atoms with van der Waals surface area (Å²) in [5.41, 5.74) is 0. The first-order valence-electron chi connectivity index (χ1n) is 19.8. The Morgan fingerprint density at radius 1 is 0.413 bits per heavy atom. The van der Waals surface area contributed by atoms with Crippen LogP contribution in [0.25, 0.3) is 0 Å². The number of likely N-dealkylation sites (tertiary alicyclic amines) is 1. The lowest BCUT2D eigenvalue weighted by atomic mass is 10.0. The predicted molar refractivity (Wildman–Crippen MR) is 194 cm³/mol. The van der Waals surface area contributed by atoms with E-state index in [1.54, 1.807) is 0 Å². The molecule has 0 spiro atoms. The molecular weight excluding hydrogens is 856 g/mol. The minimum Gasteiger partial charge on any atom is -0.463 e. The molecule has 0 aromatic heterocycles. The Morgan fingerprint density at radius 2 is 0.730 bits per heavy atom. The van der Waals surface area contributed by atoms with Crippen LogP contribution in [0.1, 0.15) is 64.2 Å². The van der Waals surface area contributed by atoms with Crippen molar-refractivity contribution in [2.24, 2.45) is 0 Å². The minimum atomic E-state index is -1.25. The number of nitrogens with zero attached hydrogens (tertiary/aromatic N) is 4. The van der Waals surface area contributed by atoms with Gasteiger partial charge < -0.3 is 47.5 Å². The zero-order valence-corrected chi connectivity index (χ0v) is 34.1. The minimum absolute atomic E-state index is 0.00615. The standard InChI is InChI=1S/C36H48N4O23/c41-25(7-8-32(48)55-19-13-52-14-20-56-33(49)61-38-26(42)1-2-27(38)43)37-11-9-36(10-12-37,59-23-17-53-15-21-57-34(50)62-39-28(44)3-4-29(39)45)60-24-18-54-16-22-58-35(51)63-40-30(46)5-6-31(40)47/h1-24H2. The maximum atomic E-state index is 13.0. The number of rotatable bonds is 26. The van der Waals surface area contributed by atoms with Crippen LogP contribution in [0.2, 0.25) is 0 Å². The predicted octanol–water partition coefficient (Wildman–Crippen LogP) is -0.637. The number of imide groups is 3. The molecule has 4 rings (SSSR count). The number of hydrogen-bond acceptors (Lipinski definition) is 23. The maximum absolute atomic E-state index is 13.0.